The number of aryl methyl sites for hydroxylation is 1. The molecule has 2 heterocycles. The molecule has 0 aliphatic heterocycles. The minimum Gasteiger partial charge on any atom is -0.477 e. The minimum absolute atomic E-state index is 0.152. The lowest BCUT2D eigenvalue weighted by Gasteiger charge is -2.02. The summed E-state index contributed by atoms with van der Waals surface area (Å²) in [5.41, 5.74) is -1.00. The van der Waals surface area contributed by atoms with Crippen molar-refractivity contribution in [2.75, 3.05) is 5.32 Å². The Hall–Kier alpha value is -2.62. The van der Waals surface area contributed by atoms with Crippen molar-refractivity contribution in [3.63, 3.8) is 0 Å². The fourth-order valence-corrected chi connectivity index (χ4v) is 1.87. The van der Waals surface area contributed by atoms with Gasteiger partial charge in [0.2, 0.25) is 5.13 Å². The number of hydrogen-bond donors (Lipinski definition) is 2. The average Bonchev–Trinajstić information content (AvgIpc) is 2.74. The maximum Gasteiger partial charge on any atom is 0.342 e. The Morgan fingerprint density at radius 2 is 2.32 bits per heavy atom. The molecule has 98 valence electrons. The molecule has 0 saturated carbocycles. The van der Waals surface area contributed by atoms with Gasteiger partial charge in [-0.1, -0.05) is 0 Å². The van der Waals surface area contributed by atoms with Gasteiger partial charge in [-0.05, 0) is 6.92 Å². The molecule has 0 amide bonds. The molecule has 2 rings (SSSR count). The van der Waals surface area contributed by atoms with Gasteiger partial charge in [-0.2, -0.15) is 4.37 Å². The second-order valence-corrected chi connectivity index (χ2v) is 4.17. The van der Waals surface area contributed by atoms with Crippen LogP contribution >= 0.6 is 11.5 Å². The summed E-state index contributed by atoms with van der Waals surface area (Å²) in [6, 6.07) is 1.08. The lowest BCUT2D eigenvalue weighted by Crippen LogP contribution is -2.05. The van der Waals surface area contributed by atoms with Crippen LogP contribution in [0.15, 0.2) is 12.3 Å². The third-order valence-corrected chi connectivity index (χ3v) is 2.79. The number of nitrogens with one attached hydrogen (secondary N) is 1. The molecule has 0 saturated heterocycles. The summed E-state index contributed by atoms with van der Waals surface area (Å²) in [5, 5.41) is 22.7. The van der Waals surface area contributed by atoms with Crippen LogP contribution in [0.4, 0.5) is 16.6 Å². The van der Waals surface area contributed by atoms with E-state index in [-0.39, 0.29) is 5.82 Å². The van der Waals surface area contributed by atoms with E-state index in [2.05, 4.69) is 19.7 Å². The molecule has 0 bridgehead atoms. The molecular weight excluding hydrogens is 274 g/mol. The molecule has 0 aliphatic rings. The van der Waals surface area contributed by atoms with Crippen molar-refractivity contribution in [2.45, 2.75) is 6.92 Å². The smallest absolute Gasteiger partial charge is 0.342 e. The molecule has 9 nitrogen and oxygen atoms in total. The predicted octanol–water partition coefficient (Wildman–Crippen LogP) is 1.59. The second-order valence-electron chi connectivity index (χ2n) is 3.42. The van der Waals surface area contributed by atoms with Crippen molar-refractivity contribution < 1.29 is 14.8 Å². The van der Waals surface area contributed by atoms with Crippen LogP contribution in [-0.4, -0.2) is 30.3 Å². The highest BCUT2D eigenvalue weighted by Gasteiger charge is 2.21. The molecule has 0 radical (unpaired) electrons. The molecule has 0 spiro atoms. The minimum atomic E-state index is -1.40. The number of aromatic nitrogens is 3. The van der Waals surface area contributed by atoms with Crippen LogP contribution in [0.2, 0.25) is 0 Å². The van der Waals surface area contributed by atoms with Crippen molar-refractivity contribution in [3.05, 3.63) is 33.8 Å². The highest BCUT2D eigenvalue weighted by atomic mass is 32.1. The first-order chi connectivity index (χ1) is 8.97. The van der Waals surface area contributed by atoms with Crippen LogP contribution in [0.1, 0.15) is 16.2 Å². The molecule has 19 heavy (non-hydrogen) atoms. The van der Waals surface area contributed by atoms with E-state index in [1.807, 2.05) is 0 Å². The number of hydrogen-bond acceptors (Lipinski definition) is 8. The fourth-order valence-electron chi connectivity index (χ4n) is 1.29. The van der Waals surface area contributed by atoms with E-state index >= 15 is 0 Å². The Morgan fingerprint density at radius 3 is 2.84 bits per heavy atom. The van der Waals surface area contributed by atoms with Crippen LogP contribution in [0.5, 0.6) is 0 Å². The molecule has 0 aliphatic carbocycles. The Labute approximate surface area is 110 Å². The van der Waals surface area contributed by atoms with Crippen molar-refractivity contribution in [2.24, 2.45) is 0 Å². The number of nitro groups is 1. The molecule has 2 aromatic heterocycles. The molecule has 0 atom stereocenters. The van der Waals surface area contributed by atoms with E-state index in [9.17, 15) is 14.9 Å². The SMILES string of the molecule is Cc1nsc(Nc2cc(C(=O)O)c([N+](=O)[O-])cn2)n1. The van der Waals surface area contributed by atoms with Gasteiger partial charge in [0.15, 0.2) is 0 Å². The van der Waals surface area contributed by atoms with Crippen LogP contribution in [0, 0.1) is 17.0 Å². The maximum absolute atomic E-state index is 10.9. The van der Waals surface area contributed by atoms with E-state index in [4.69, 9.17) is 5.11 Å². The normalized spacial score (nSPS) is 10.2. The van der Waals surface area contributed by atoms with Crippen LogP contribution in [0.3, 0.4) is 0 Å². The molecule has 2 N–H and O–H groups in total. The van der Waals surface area contributed by atoms with Gasteiger partial charge in [-0.3, -0.25) is 10.1 Å². The predicted molar refractivity (Wildman–Crippen MR) is 65.8 cm³/mol. The summed E-state index contributed by atoms with van der Waals surface area (Å²) in [6.45, 7) is 1.70. The summed E-state index contributed by atoms with van der Waals surface area (Å²) >= 11 is 1.08. The number of carbonyl (C=O) groups is 1. The van der Waals surface area contributed by atoms with E-state index < -0.39 is 22.1 Å². The number of aromatic carboxylic acids is 1. The summed E-state index contributed by atoms with van der Waals surface area (Å²) in [5.74, 6) is -0.683. The summed E-state index contributed by atoms with van der Waals surface area (Å²) < 4.78 is 3.93. The number of carboxylic acid groups (broad SMARTS) is 1. The Bertz CT molecular complexity index is 656. The number of nitrogens with zero attached hydrogens (tertiary/aromatic N) is 4. The zero-order valence-electron chi connectivity index (χ0n) is 9.52. The fraction of sp³-hybridized carbons (Fsp3) is 0.111. The number of anilines is 2. The molecule has 0 aromatic carbocycles. The van der Waals surface area contributed by atoms with Crippen LogP contribution < -0.4 is 5.32 Å². The highest BCUT2D eigenvalue weighted by molar-refractivity contribution is 7.09. The topological polar surface area (TPSA) is 131 Å². The molecule has 0 unspecified atom stereocenters. The Balaban J connectivity index is 2.35. The Morgan fingerprint density at radius 1 is 1.58 bits per heavy atom. The average molecular weight is 281 g/mol. The molecular formula is C9H7N5O4S. The van der Waals surface area contributed by atoms with Gasteiger partial charge in [-0.25, -0.2) is 14.8 Å². The third-order valence-electron chi connectivity index (χ3n) is 2.07. The first-order valence-electron chi connectivity index (χ1n) is 4.92. The van der Waals surface area contributed by atoms with E-state index in [0.717, 1.165) is 23.8 Å². The molecule has 2 aromatic rings. The van der Waals surface area contributed by atoms with Gasteiger partial charge in [0, 0.05) is 17.6 Å². The summed E-state index contributed by atoms with van der Waals surface area (Å²) in [6.07, 6.45) is 0.889. The molecule has 10 heteroatoms. The summed E-state index contributed by atoms with van der Waals surface area (Å²) in [7, 11) is 0. The van der Waals surface area contributed by atoms with Crippen LogP contribution in [0.25, 0.3) is 0 Å². The standard InChI is InChI=1S/C9H7N5O4S/c1-4-11-9(19-13-4)12-7-2-5(8(15)16)6(3-10-7)14(17)18/h2-3H,1H3,(H,15,16)(H,10,11,12,13). The van der Waals surface area contributed by atoms with E-state index in [1.54, 1.807) is 6.92 Å². The van der Waals surface area contributed by atoms with E-state index in [1.165, 1.54) is 0 Å². The quantitative estimate of drug-likeness (QED) is 0.637. The monoisotopic (exact) mass is 281 g/mol. The lowest BCUT2D eigenvalue weighted by molar-refractivity contribution is -0.385. The molecule has 0 fully saturated rings. The van der Waals surface area contributed by atoms with Gasteiger partial charge in [0.05, 0.1) is 4.92 Å². The van der Waals surface area contributed by atoms with Gasteiger partial charge in [0.1, 0.15) is 23.4 Å². The first kappa shape index (κ1) is 12.8. The van der Waals surface area contributed by atoms with Gasteiger partial charge >= 0.3 is 11.7 Å². The lowest BCUT2D eigenvalue weighted by atomic mass is 10.2. The van der Waals surface area contributed by atoms with Crippen molar-refractivity contribution in [1.29, 1.82) is 0 Å². The summed E-state index contributed by atoms with van der Waals surface area (Å²) in [4.78, 5) is 28.6. The largest absolute Gasteiger partial charge is 0.477 e. The van der Waals surface area contributed by atoms with Gasteiger partial charge in [-0.15, -0.1) is 0 Å². The third kappa shape index (κ3) is 2.80. The van der Waals surface area contributed by atoms with Crippen LogP contribution in [-0.2, 0) is 0 Å². The van der Waals surface area contributed by atoms with Crippen molar-refractivity contribution in [3.8, 4) is 0 Å². The van der Waals surface area contributed by atoms with Crippen molar-refractivity contribution >= 4 is 34.1 Å². The first-order valence-corrected chi connectivity index (χ1v) is 5.70. The Kier molecular flexibility index (Phi) is 3.33. The zero-order chi connectivity index (χ0) is 14.0. The maximum atomic E-state index is 10.9. The number of pyridine rings is 1. The number of rotatable bonds is 4. The van der Waals surface area contributed by atoms with Gasteiger partial charge < -0.3 is 10.4 Å². The van der Waals surface area contributed by atoms with Crippen molar-refractivity contribution in [1.82, 2.24) is 14.3 Å². The van der Waals surface area contributed by atoms with Gasteiger partial charge in [0.25, 0.3) is 0 Å². The number of carboxylic acids is 1. The zero-order valence-corrected chi connectivity index (χ0v) is 10.3. The highest BCUT2D eigenvalue weighted by Crippen LogP contribution is 2.23. The second kappa shape index (κ2) is 4.94. The van der Waals surface area contributed by atoms with E-state index in [0.29, 0.717) is 11.0 Å².